The van der Waals surface area contributed by atoms with Gasteiger partial charge in [0.25, 0.3) is 5.91 Å². The van der Waals surface area contributed by atoms with Gasteiger partial charge in [0.15, 0.2) is 5.43 Å². The van der Waals surface area contributed by atoms with E-state index < -0.39 is 6.04 Å². The second kappa shape index (κ2) is 8.10. The van der Waals surface area contributed by atoms with Gasteiger partial charge in [-0.05, 0) is 29.1 Å². The molecule has 7 heteroatoms. The second-order valence-corrected chi connectivity index (χ2v) is 8.47. The van der Waals surface area contributed by atoms with E-state index in [1.807, 2.05) is 42.5 Å². The molecule has 33 heavy (non-hydrogen) atoms. The molecule has 0 N–H and O–H groups in total. The van der Waals surface area contributed by atoms with Crippen molar-refractivity contribution in [3.05, 3.63) is 88.0 Å². The molecule has 4 heterocycles. The summed E-state index contributed by atoms with van der Waals surface area (Å²) >= 11 is 0. The minimum atomic E-state index is -0.497. The van der Waals surface area contributed by atoms with Crippen molar-refractivity contribution in [2.75, 3.05) is 39.4 Å². The molecule has 1 atom stereocenters. The van der Waals surface area contributed by atoms with Gasteiger partial charge in [0.05, 0.1) is 30.2 Å². The zero-order chi connectivity index (χ0) is 22.4. The van der Waals surface area contributed by atoms with Gasteiger partial charge in [0.2, 0.25) is 5.76 Å². The predicted molar refractivity (Wildman–Crippen MR) is 124 cm³/mol. The number of pyridine rings is 1. The lowest BCUT2D eigenvalue weighted by molar-refractivity contribution is 0.0314. The number of hydrogen-bond donors (Lipinski definition) is 0. The monoisotopic (exact) mass is 441 g/mol. The van der Waals surface area contributed by atoms with Crippen molar-refractivity contribution in [2.24, 2.45) is 0 Å². The Morgan fingerprint density at radius 1 is 0.909 bits per heavy atom. The van der Waals surface area contributed by atoms with E-state index in [1.165, 1.54) is 0 Å². The van der Waals surface area contributed by atoms with Crippen molar-refractivity contribution < 1.29 is 13.9 Å². The molecule has 2 aromatic carbocycles. The summed E-state index contributed by atoms with van der Waals surface area (Å²) < 4.78 is 11.7. The first-order valence-corrected chi connectivity index (χ1v) is 11.2. The Labute approximate surface area is 190 Å². The summed E-state index contributed by atoms with van der Waals surface area (Å²) in [6, 6.07) is 14.7. The summed E-state index contributed by atoms with van der Waals surface area (Å²) in [6.45, 7) is 4.26. The second-order valence-electron chi connectivity index (χ2n) is 8.47. The summed E-state index contributed by atoms with van der Waals surface area (Å²) in [6.07, 6.45) is 3.38. The number of morpholine rings is 1. The van der Waals surface area contributed by atoms with Crippen LogP contribution in [-0.2, 0) is 4.74 Å². The number of ether oxygens (including phenoxy) is 1. The fraction of sp³-hybridized carbons (Fsp3) is 0.269. The summed E-state index contributed by atoms with van der Waals surface area (Å²) in [7, 11) is 0. The van der Waals surface area contributed by atoms with Crippen LogP contribution in [-0.4, -0.2) is 60.1 Å². The maximum atomic E-state index is 13.8. The van der Waals surface area contributed by atoms with Crippen LogP contribution in [0.2, 0.25) is 0 Å². The summed E-state index contributed by atoms with van der Waals surface area (Å²) in [4.78, 5) is 35.5. The molecule has 2 aliphatic heterocycles. The third kappa shape index (κ3) is 3.32. The Balaban J connectivity index is 1.50. The summed E-state index contributed by atoms with van der Waals surface area (Å²) in [5, 5.41) is 2.29. The van der Waals surface area contributed by atoms with Gasteiger partial charge in [0, 0.05) is 44.0 Å². The number of fused-ring (bicyclic) bond motifs is 4. The highest BCUT2D eigenvalue weighted by atomic mass is 16.5. The van der Waals surface area contributed by atoms with Gasteiger partial charge in [-0.1, -0.05) is 30.3 Å². The van der Waals surface area contributed by atoms with Crippen molar-refractivity contribution in [1.29, 1.82) is 0 Å². The molecule has 0 bridgehead atoms. The van der Waals surface area contributed by atoms with Crippen molar-refractivity contribution in [1.82, 2.24) is 14.8 Å². The molecule has 0 aliphatic carbocycles. The lowest BCUT2D eigenvalue weighted by Gasteiger charge is -2.31. The Kier molecular flexibility index (Phi) is 4.93. The third-order valence-electron chi connectivity index (χ3n) is 6.64. The van der Waals surface area contributed by atoms with Crippen LogP contribution in [0.1, 0.15) is 27.7 Å². The molecular formula is C26H23N3O4. The minimum Gasteiger partial charge on any atom is -0.450 e. The van der Waals surface area contributed by atoms with Crippen LogP contribution >= 0.6 is 0 Å². The molecular weight excluding hydrogens is 418 g/mol. The normalized spacial score (nSPS) is 18.8. The molecule has 0 spiro atoms. The number of amides is 1. The van der Waals surface area contributed by atoms with Crippen molar-refractivity contribution in [3.8, 4) is 0 Å². The Morgan fingerprint density at radius 3 is 2.52 bits per heavy atom. The quantitative estimate of drug-likeness (QED) is 0.453. The van der Waals surface area contributed by atoms with Gasteiger partial charge in [-0.15, -0.1) is 0 Å². The average molecular weight is 441 g/mol. The number of rotatable bonds is 4. The van der Waals surface area contributed by atoms with Crippen LogP contribution in [0.5, 0.6) is 0 Å². The molecule has 2 aliphatic rings. The first-order valence-electron chi connectivity index (χ1n) is 11.2. The van der Waals surface area contributed by atoms with E-state index in [4.69, 9.17) is 9.15 Å². The van der Waals surface area contributed by atoms with Crippen molar-refractivity contribution in [3.63, 3.8) is 0 Å². The first-order chi connectivity index (χ1) is 16.2. The molecule has 1 amide bonds. The van der Waals surface area contributed by atoms with Gasteiger partial charge in [-0.3, -0.25) is 19.5 Å². The smallest absolute Gasteiger partial charge is 0.290 e. The highest BCUT2D eigenvalue weighted by molar-refractivity contribution is 6.06. The molecule has 0 saturated carbocycles. The number of benzene rings is 2. The van der Waals surface area contributed by atoms with Crippen LogP contribution in [0, 0.1) is 0 Å². The van der Waals surface area contributed by atoms with Crippen molar-refractivity contribution in [2.45, 2.75) is 6.04 Å². The summed E-state index contributed by atoms with van der Waals surface area (Å²) in [5.41, 5.74) is 1.58. The SMILES string of the molecule is O=C1c2oc3c(ccc4ccccc43)c(=O)c2C(c2ccncc2)N1CCN1CCOCC1. The van der Waals surface area contributed by atoms with Gasteiger partial charge in [-0.25, -0.2) is 0 Å². The predicted octanol–water partition coefficient (Wildman–Crippen LogP) is 3.22. The first kappa shape index (κ1) is 20.1. The number of carbonyl (C=O) groups is 1. The lowest BCUT2D eigenvalue weighted by Crippen LogP contribution is -2.42. The van der Waals surface area contributed by atoms with E-state index in [0.717, 1.165) is 29.4 Å². The van der Waals surface area contributed by atoms with Gasteiger partial charge in [0.1, 0.15) is 5.58 Å². The standard InChI is InChI=1S/C26H23N3O4/c30-23-20-6-5-17-3-1-2-4-19(17)24(20)33-25-21(23)22(18-7-9-27-10-8-18)29(26(25)31)12-11-28-13-15-32-16-14-28/h1-10,22H,11-16H2. The van der Waals surface area contributed by atoms with E-state index in [-0.39, 0.29) is 17.1 Å². The Bertz CT molecular complexity index is 1410. The maximum Gasteiger partial charge on any atom is 0.290 e. The van der Waals surface area contributed by atoms with Crippen LogP contribution in [0.3, 0.4) is 0 Å². The third-order valence-corrected chi connectivity index (χ3v) is 6.64. The number of aromatic nitrogens is 1. The molecule has 166 valence electrons. The lowest BCUT2D eigenvalue weighted by atomic mass is 9.98. The van der Waals surface area contributed by atoms with Gasteiger partial charge in [-0.2, -0.15) is 0 Å². The number of nitrogens with zero attached hydrogens (tertiary/aromatic N) is 3. The van der Waals surface area contributed by atoms with E-state index in [0.29, 0.717) is 42.8 Å². The van der Waals surface area contributed by atoms with Crippen LogP contribution < -0.4 is 5.43 Å². The van der Waals surface area contributed by atoms with E-state index in [2.05, 4.69) is 9.88 Å². The molecule has 1 unspecified atom stereocenters. The minimum absolute atomic E-state index is 0.146. The van der Waals surface area contributed by atoms with Crippen LogP contribution in [0.4, 0.5) is 0 Å². The van der Waals surface area contributed by atoms with Crippen LogP contribution in [0.25, 0.3) is 21.7 Å². The molecule has 6 rings (SSSR count). The van der Waals surface area contributed by atoms with E-state index in [9.17, 15) is 9.59 Å². The highest BCUT2D eigenvalue weighted by Crippen LogP contribution is 2.38. The number of carbonyl (C=O) groups excluding carboxylic acids is 1. The van der Waals surface area contributed by atoms with Gasteiger partial charge < -0.3 is 14.1 Å². The largest absolute Gasteiger partial charge is 0.450 e. The average Bonchev–Trinajstić information content (AvgIpc) is 3.15. The van der Waals surface area contributed by atoms with Gasteiger partial charge >= 0.3 is 0 Å². The highest BCUT2D eigenvalue weighted by Gasteiger charge is 2.42. The zero-order valence-corrected chi connectivity index (χ0v) is 18.1. The molecule has 4 aromatic rings. The summed E-state index contributed by atoms with van der Waals surface area (Å²) in [5.74, 6) is -0.0975. The van der Waals surface area contributed by atoms with E-state index >= 15 is 0 Å². The Hall–Kier alpha value is -3.55. The van der Waals surface area contributed by atoms with Crippen molar-refractivity contribution >= 4 is 27.6 Å². The van der Waals surface area contributed by atoms with E-state index in [1.54, 1.807) is 23.4 Å². The van der Waals surface area contributed by atoms with Crippen LogP contribution in [0.15, 0.2) is 70.1 Å². The molecule has 1 saturated heterocycles. The molecule has 0 radical (unpaired) electrons. The number of hydrogen-bond acceptors (Lipinski definition) is 6. The molecule has 1 fully saturated rings. The fourth-order valence-corrected chi connectivity index (χ4v) is 4.94. The topological polar surface area (TPSA) is 75.9 Å². The maximum absolute atomic E-state index is 13.8. The zero-order valence-electron chi connectivity index (χ0n) is 18.1. The molecule has 2 aromatic heterocycles. The fourth-order valence-electron chi connectivity index (χ4n) is 4.94. The Morgan fingerprint density at radius 2 is 1.70 bits per heavy atom. The molecule has 7 nitrogen and oxygen atoms in total.